The number of hydrogen-bond donors (Lipinski definition) is 2. The summed E-state index contributed by atoms with van der Waals surface area (Å²) in [4.78, 5) is 4.20. The summed E-state index contributed by atoms with van der Waals surface area (Å²) in [6.07, 6.45) is 1.59. The molecule has 0 saturated carbocycles. The van der Waals surface area contributed by atoms with Gasteiger partial charge in [-0.05, 0) is 48.2 Å². The SMILES string of the molecule is CN=C(NCCc1cccc(F)c1)NCCc1ccc2c(c1)OCO2. The number of nitrogens with zero attached hydrogens (tertiary/aromatic N) is 1. The maximum Gasteiger partial charge on any atom is 0.231 e. The van der Waals surface area contributed by atoms with Gasteiger partial charge in [0.05, 0.1) is 0 Å². The van der Waals surface area contributed by atoms with Gasteiger partial charge in [0.1, 0.15) is 5.82 Å². The van der Waals surface area contributed by atoms with Gasteiger partial charge in [0.25, 0.3) is 0 Å². The molecular weight excluding hydrogens is 321 g/mol. The van der Waals surface area contributed by atoms with Crippen LogP contribution in [0.5, 0.6) is 11.5 Å². The molecule has 0 radical (unpaired) electrons. The van der Waals surface area contributed by atoms with Gasteiger partial charge in [-0.2, -0.15) is 0 Å². The molecule has 132 valence electrons. The molecule has 6 heteroatoms. The Morgan fingerprint density at radius 2 is 1.72 bits per heavy atom. The molecule has 0 spiro atoms. The highest BCUT2D eigenvalue weighted by molar-refractivity contribution is 5.79. The van der Waals surface area contributed by atoms with Crippen LogP contribution < -0.4 is 20.1 Å². The molecule has 25 heavy (non-hydrogen) atoms. The Bertz CT molecular complexity index is 749. The number of rotatable bonds is 6. The summed E-state index contributed by atoms with van der Waals surface area (Å²) in [5.74, 6) is 2.13. The Labute approximate surface area is 146 Å². The number of halogens is 1. The minimum atomic E-state index is -0.205. The van der Waals surface area contributed by atoms with E-state index in [-0.39, 0.29) is 5.82 Å². The van der Waals surface area contributed by atoms with Crippen LogP contribution >= 0.6 is 0 Å². The van der Waals surface area contributed by atoms with Crippen molar-refractivity contribution < 1.29 is 13.9 Å². The van der Waals surface area contributed by atoms with Crippen LogP contribution in [0.3, 0.4) is 0 Å². The van der Waals surface area contributed by atoms with E-state index in [0.29, 0.717) is 13.3 Å². The van der Waals surface area contributed by atoms with Gasteiger partial charge < -0.3 is 20.1 Å². The van der Waals surface area contributed by atoms with Crippen molar-refractivity contribution in [2.75, 3.05) is 26.9 Å². The van der Waals surface area contributed by atoms with Crippen LogP contribution in [0.15, 0.2) is 47.5 Å². The van der Waals surface area contributed by atoms with Crippen molar-refractivity contribution in [1.29, 1.82) is 0 Å². The average molecular weight is 343 g/mol. The number of ether oxygens (including phenoxy) is 2. The topological polar surface area (TPSA) is 54.9 Å². The van der Waals surface area contributed by atoms with E-state index in [9.17, 15) is 4.39 Å². The molecule has 0 fully saturated rings. The fraction of sp³-hybridized carbons (Fsp3) is 0.316. The average Bonchev–Trinajstić information content (AvgIpc) is 3.08. The first kappa shape index (κ1) is 17.1. The normalized spacial score (nSPS) is 13.0. The summed E-state index contributed by atoms with van der Waals surface area (Å²) in [7, 11) is 1.73. The van der Waals surface area contributed by atoms with Crippen LogP contribution in [0.1, 0.15) is 11.1 Å². The summed E-state index contributed by atoms with van der Waals surface area (Å²) in [6.45, 7) is 1.73. The van der Waals surface area contributed by atoms with Crippen molar-refractivity contribution in [3.8, 4) is 11.5 Å². The largest absolute Gasteiger partial charge is 0.454 e. The van der Waals surface area contributed by atoms with Crippen molar-refractivity contribution in [3.63, 3.8) is 0 Å². The van der Waals surface area contributed by atoms with Gasteiger partial charge in [-0.1, -0.05) is 18.2 Å². The van der Waals surface area contributed by atoms with Crippen LogP contribution in [0.2, 0.25) is 0 Å². The molecule has 0 aromatic heterocycles. The molecule has 3 rings (SSSR count). The van der Waals surface area contributed by atoms with Crippen molar-refractivity contribution in [2.24, 2.45) is 4.99 Å². The van der Waals surface area contributed by atoms with Gasteiger partial charge in [0.2, 0.25) is 6.79 Å². The van der Waals surface area contributed by atoms with Gasteiger partial charge in [0, 0.05) is 20.1 Å². The highest BCUT2D eigenvalue weighted by Gasteiger charge is 2.12. The van der Waals surface area contributed by atoms with Crippen LogP contribution in [-0.4, -0.2) is 32.9 Å². The molecule has 1 aliphatic rings. The smallest absolute Gasteiger partial charge is 0.231 e. The molecule has 2 aromatic rings. The maximum atomic E-state index is 13.2. The molecule has 0 aliphatic carbocycles. The van der Waals surface area contributed by atoms with E-state index in [1.54, 1.807) is 19.2 Å². The van der Waals surface area contributed by atoms with E-state index in [1.807, 2.05) is 24.3 Å². The van der Waals surface area contributed by atoms with E-state index in [1.165, 1.54) is 11.6 Å². The third kappa shape index (κ3) is 4.86. The molecule has 2 N–H and O–H groups in total. The zero-order valence-corrected chi connectivity index (χ0v) is 14.2. The Balaban J connectivity index is 1.40. The van der Waals surface area contributed by atoms with Crippen LogP contribution in [-0.2, 0) is 12.8 Å². The molecule has 0 bridgehead atoms. The summed E-state index contributed by atoms with van der Waals surface area (Å²) < 4.78 is 23.9. The lowest BCUT2D eigenvalue weighted by Gasteiger charge is -2.12. The zero-order chi connectivity index (χ0) is 17.5. The van der Waals surface area contributed by atoms with E-state index in [0.717, 1.165) is 42.4 Å². The van der Waals surface area contributed by atoms with Gasteiger partial charge >= 0.3 is 0 Å². The van der Waals surface area contributed by atoms with Gasteiger partial charge in [-0.25, -0.2) is 4.39 Å². The van der Waals surface area contributed by atoms with E-state index in [2.05, 4.69) is 15.6 Å². The fourth-order valence-electron chi connectivity index (χ4n) is 2.66. The maximum absolute atomic E-state index is 13.2. The monoisotopic (exact) mass is 343 g/mol. The van der Waals surface area contributed by atoms with Crippen molar-refractivity contribution >= 4 is 5.96 Å². The Morgan fingerprint density at radius 1 is 1.00 bits per heavy atom. The van der Waals surface area contributed by atoms with Crippen molar-refractivity contribution in [3.05, 3.63) is 59.4 Å². The molecular formula is C19H22FN3O2. The predicted molar refractivity (Wildman–Crippen MR) is 95.7 cm³/mol. The third-order valence-electron chi connectivity index (χ3n) is 3.96. The summed E-state index contributed by atoms with van der Waals surface area (Å²) in [6, 6.07) is 12.6. The first-order valence-electron chi connectivity index (χ1n) is 8.32. The highest BCUT2D eigenvalue weighted by Crippen LogP contribution is 2.32. The van der Waals surface area contributed by atoms with Crippen LogP contribution in [0.4, 0.5) is 4.39 Å². The number of fused-ring (bicyclic) bond motifs is 1. The lowest BCUT2D eigenvalue weighted by molar-refractivity contribution is 0.174. The number of hydrogen-bond acceptors (Lipinski definition) is 3. The molecule has 0 amide bonds. The van der Waals surface area contributed by atoms with Crippen molar-refractivity contribution in [1.82, 2.24) is 10.6 Å². The third-order valence-corrected chi connectivity index (χ3v) is 3.96. The lowest BCUT2D eigenvalue weighted by atomic mass is 10.1. The number of nitrogens with one attached hydrogen (secondary N) is 2. The molecule has 1 heterocycles. The molecule has 5 nitrogen and oxygen atoms in total. The number of guanidine groups is 1. The Hall–Kier alpha value is -2.76. The second-order valence-electron chi connectivity index (χ2n) is 5.74. The standard InChI is InChI=1S/C19H22FN3O2/c1-21-19(22-9-7-14-3-2-4-16(20)11-14)23-10-8-15-5-6-17-18(12-15)25-13-24-17/h2-6,11-12H,7-10,13H2,1H3,(H2,21,22,23). The van der Waals surface area contributed by atoms with Crippen LogP contribution in [0, 0.1) is 5.82 Å². The van der Waals surface area contributed by atoms with E-state index < -0.39 is 0 Å². The van der Waals surface area contributed by atoms with Gasteiger partial charge in [0.15, 0.2) is 17.5 Å². The summed E-state index contributed by atoms with van der Waals surface area (Å²) in [5, 5.41) is 6.51. The second-order valence-corrected chi connectivity index (χ2v) is 5.74. The molecule has 2 aromatic carbocycles. The van der Waals surface area contributed by atoms with Gasteiger partial charge in [-0.15, -0.1) is 0 Å². The Kier molecular flexibility index (Phi) is 5.72. The number of benzene rings is 2. The molecule has 0 saturated heterocycles. The van der Waals surface area contributed by atoms with Crippen LogP contribution in [0.25, 0.3) is 0 Å². The predicted octanol–water partition coefficient (Wildman–Crippen LogP) is 2.50. The summed E-state index contributed by atoms with van der Waals surface area (Å²) in [5.41, 5.74) is 2.13. The highest BCUT2D eigenvalue weighted by atomic mass is 19.1. The zero-order valence-electron chi connectivity index (χ0n) is 14.2. The first-order valence-corrected chi connectivity index (χ1v) is 8.32. The van der Waals surface area contributed by atoms with E-state index >= 15 is 0 Å². The molecule has 1 aliphatic heterocycles. The Morgan fingerprint density at radius 3 is 2.44 bits per heavy atom. The van der Waals surface area contributed by atoms with Crippen molar-refractivity contribution in [2.45, 2.75) is 12.8 Å². The van der Waals surface area contributed by atoms with E-state index in [4.69, 9.17) is 9.47 Å². The first-order chi connectivity index (χ1) is 12.2. The second kappa shape index (κ2) is 8.37. The lowest BCUT2D eigenvalue weighted by Crippen LogP contribution is -2.39. The van der Waals surface area contributed by atoms with Gasteiger partial charge in [-0.3, -0.25) is 4.99 Å². The minimum Gasteiger partial charge on any atom is -0.454 e. The molecule has 0 unspecified atom stereocenters. The quantitative estimate of drug-likeness (QED) is 0.625. The fourth-order valence-corrected chi connectivity index (χ4v) is 2.66. The number of aliphatic imine (C=N–C) groups is 1. The minimum absolute atomic E-state index is 0.205. The summed E-state index contributed by atoms with van der Waals surface area (Å²) >= 11 is 0. The molecule has 0 atom stereocenters.